The van der Waals surface area contributed by atoms with Gasteiger partial charge in [-0.25, -0.2) is 4.68 Å². The average molecular weight is 435 g/mol. The zero-order valence-electron chi connectivity index (χ0n) is 18.4. The predicted molar refractivity (Wildman–Crippen MR) is 126 cm³/mol. The van der Waals surface area contributed by atoms with Gasteiger partial charge in [0.2, 0.25) is 5.91 Å². The fourth-order valence-electron chi connectivity index (χ4n) is 5.44. The zero-order chi connectivity index (χ0) is 21.4. The number of aryl methyl sites for hydroxylation is 1. The molecule has 1 aromatic carbocycles. The largest absolute Gasteiger partial charge is 0.365 e. The van der Waals surface area contributed by atoms with Crippen LogP contribution in [-0.2, 0) is 10.2 Å². The molecule has 6 heteroatoms. The Labute approximate surface area is 188 Å². The van der Waals surface area contributed by atoms with Crippen molar-refractivity contribution < 1.29 is 4.79 Å². The van der Waals surface area contributed by atoms with E-state index in [0.717, 1.165) is 68.9 Å². The second-order valence-corrected chi connectivity index (χ2v) is 9.76. The minimum Gasteiger partial charge on any atom is -0.365 e. The number of carbonyl (C=O) groups excluding carboxylic acids is 1. The van der Waals surface area contributed by atoms with E-state index in [2.05, 4.69) is 53.3 Å². The number of thiophene rings is 1. The first-order valence-electron chi connectivity index (χ1n) is 11.3. The highest BCUT2D eigenvalue weighted by atomic mass is 32.1. The van der Waals surface area contributed by atoms with Gasteiger partial charge in [-0.05, 0) is 50.3 Å². The maximum absolute atomic E-state index is 13.7. The summed E-state index contributed by atoms with van der Waals surface area (Å²) in [6.45, 7) is 7.50. The lowest BCUT2D eigenvalue weighted by Crippen LogP contribution is -2.54. The van der Waals surface area contributed by atoms with Crippen molar-refractivity contribution in [2.24, 2.45) is 0 Å². The Hall–Kier alpha value is -2.60. The van der Waals surface area contributed by atoms with Crippen molar-refractivity contribution in [2.75, 3.05) is 31.1 Å². The fraction of sp³-hybridized carbons (Fsp3) is 0.440. The molecule has 0 spiro atoms. The third-order valence-corrected chi connectivity index (χ3v) is 8.07. The monoisotopic (exact) mass is 434 g/mol. The van der Waals surface area contributed by atoms with Crippen molar-refractivity contribution in [1.29, 1.82) is 0 Å². The van der Waals surface area contributed by atoms with Gasteiger partial charge in [0.05, 0.1) is 28.2 Å². The van der Waals surface area contributed by atoms with E-state index in [1.54, 1.807) is 11.3 Å². The summed E-state index contributed by atoms with van der Waals surface area (Å²) in [5.41, 5.74) is 4.23. The van der Waals surface area contributed by atoms with E-state index in [9.17, 15) is 4.79 Å². The first-order chi connectivity index (χ1) is 15.1. The van der Waals surface area contributed by atoms with Crippen molar-refractivity contribution >= 4 is 22.9 Å². The second-order valence-electron chi connectivity index (χ2n) is 8.81. The summed E-state index contributed by atoms with van der Waals surface area (Å²) in [6, 6.07) is 14.5. The Bertz CT molecular complexity index is 1040. The van der Waals surface area contributed by atoms with Gasteiger partial charge < -0.3 is 9.80 Å². The van der Waals surface area contributed by atoms with E-state index in [1.807, 2.05) is 22.9 Å². The van der Waals surface area contributed by atoms with Crippen molar-refractivity contribution in [1.82, 2.24) is 14.7 Å². The van der Waals surface area contributed by atoms with Crippen molar-refractivity contribution in [3.63, 3.8) is 0 Å². The van der Waals surface area contributed by atoms with Crippen LogP contribution >= 0.6 is 11.3 Å². The molecule has 2 aliphatic rings. The first-order valence-corrected chi connectivity index (χ1v) is 12.2. The van der Waals surface area contributed by atoms with Gasteiger partial charge in [-0.2, -0.15) is 5.10 Å². The van der Waals surface area contributed by atoms with Crippen LogP contribution in [0.3, 0.4) is 0 Å². The first kappa shape index (κ1) is 20.3. The number of anilines is 1. The lowest BCUT2D eigenvalue weighted by atomic mass is 9.82. The van der Waals surface area contributed by atoms with Gasteiger partial charge in [0.1, 0.15) is 0 Å². The van der Waals surface area contributed by atoms with Crippen LogP contribution in [-0.4, -0.2) is 46.8 Å². The van der Waals surface area contributed by atoms with Gasteiger partial charge in [0.25, 0.3) is 0 Å². The van der Waals surface area contributed by atoms with Crippen molar-refractivity contribution in [2.45, 2.75) is 44.9 Å². The van der Waals surface area contributed by atoms with Crippen LogP contribution < -0.4 is 4.90 Å². The molecule has 0 N–H and O–H groups in total. The molecule has 31 heavy (non-hydrogen) atoms. The van der Waals surface area contributed by atoms with Crippen LogP contribution in [0.4, 0.5) is 5.69 Å². The van der Waals surface area contributed by atoms with Gasteiger partial charge >= 0.3 is 0 Å². The second kappa shape index (κ2) is 8.15. The molecule has 2 fully saturated rings. The minimum atomic E-state index is -0.277. The third-order valence-electron chi connectivity index (χ3n) is 7.00. The average Bonchev–Trinajstić information content (AvgIpc) is 3.55. The number of hydrogen-bond acceptors (Lipinski definition) is 4. The molecular weight excluding hydrogens is 404 g/mol. The number of carbonyl (C=O) groups is 1. The third kappa shape index (κ3) is 3.47. The molecule has 3 aromatic rings. The molecule has 1 saturated heterocycles. The lowest BCUT2D eigenvalue weighted by molar-refractivity contribution is -0.137. The molecule has 1 saturated carbocycles. The normalized spacial score (nSPS) is 18.5. The number of amides is 1. The molecule has 1 aliphatic carbocycles. The topological polar surface area (TPSA) is 41.4 Å². The van der Waals surface area contributed by atoms with E-state index in [-0.39, 0.29) is 5.41 Å². The quantitative estimate of drug-likeness (QED) is 0.597. The van der Waals surface area contributed by atoms with Gasteiger partial charge in [-0.3, -0.25) is 4.79 Å². The lowest BCUT2D eigenvalue weighted by Gasteiger charge is -2.40. The van der Waals surface area contributed by atoms with Crippen LogP contribution in [0, 0.1) is 13.8 Å². The zero-order valence-corrected chi connectivity index (χ0v) is 19.2. The number of benzene rings is 1. The van der Waals surface area contributed by atoms with E-state index < -0.39 is 0 Å². The summed E-state index contributed by atoms with van der Waals surface area (Å²) in [5, 5.41) is 6.92. The molecule has 5 rings (SSSR count). The summed E-state index contributed by atoms with van der Waals surface area (Å²) in [7, 11) is 0. The van der Waals surface area contributed by atoms with Crippen molar-refractivity contribution in [3.8, 4) is 5.69 Å². The molecule has 162 valence electrons. The number of nitrogens with zero attached hydrogens (tertiary/aromatic N) is 4. The van der Waals surface area contributed by atoms with Gasteiger partial charge in [0.15, 0.2) is 0 Å². The van der Waals surface area contributed by atoms with Gasteiger partial charge in [-0.1, -0.05) is 37.1 Å². The summed E-state index contributed by atoms with van der Waals surface area (Å²) < 4.78 is 2.03. The number of para-hydroxylation sites is 1. The highest BCUT2D eigenvalue weighted by Crippen LogP contribution is 2.44. The number of rotatable bonds is 4. The molecule has 2 aromatic heterocycles. The van der Waals surface area contributed by atoms with Crippen molar-refractivity contribution in [3.05, 3.63) is 64.1 Å². The molecule has 5 nitrogen and oxygen atoms in total. The highest BCUT2D eigenvalue weighted by molar-refractivity contribution is 7.10. The van der Waals surface area contributed by atoms with Crippen LogP contribution in [0.15, 0.2) is 47.8 Å². The van der Waals surface area contributed by atoms with Crippen LogP contribution in [0.25, 0.3) is 5.69 Å². The Morgan fingerprint density at radius 2 is 1.68 bits per heavy atom. The molecule has 3 heterocycles. The Morgan fingerprint density at radius 3 is 2.32 bits per heavy atom. The van der Waals surface area contributed by atoms with Gasteiger partial charge in [0, 0.05) is 31.1 Å². The fourth-order valence-corrected chi connectivity index (χ4v) is 6.42. The summed E-state index contributed by atoms with van der Waals surface area (Å²) in [4.78, 5) is 19.5. The predicted octanol–water partition coefficient (Wildman–Crippen LogP) is 4.71. The van der Waals surface area contributed by atoms with Crippen LogP contribution in [0.2, 0.25) is 0 Å². The van der Waals surface area contributed by atoms with Crippen LogP contribution in [0.1, 0.15) is 41.9 Å². The Kier molecular flexibility index (Phi) is 5.34. The number of hydrogen-bond donors (Lipinski definition) is 0. The Balaban J connectivity index is 1.33. The standard InChI is InChI=1S/C25H30N4OS/c1-19-23(20(2)29(26-19)21-9-4-3-5-10-21)27-14-16-28(17-15-27)24(30)25(12-6-7-13-25)22-11-8-18-31-22/h3-5,8-11,18H,6-7,12-17H2,1-2H3. The van der Waals surface area contributed by atoms with E-state index in [1.165, 1.54) is 10.6 Å². The van der Waals surface area contributed by atoms with Crippen LogP contribution in [0.5, 0.6) is 0 Å². The highest BCUT2D eigenvalue weighted by Gasteiger charge is 2.46. The summed E-state index contributed by atoms with van der Waals surface area (Å²) in [6.07, 6.45) is 4.30. The smallest absolute Gasteiger partial charge is 0.234 e. The molecule has 1 aliphatic heterocycles. The molecule has 1 amide bonds. The maximum Gasteiger partial charge on any atom is 0.234 e. The Morgan fingerprint density at radius 1 is 0.968 bits per heavy atom. The maximum atomic E-state index is 13.7. The molecule has 0 unspecified atom stereocenters. The van der Waals surface area contributed by atoms with E-state index in [4.69, 9.17) is 5.10 Å². The summed E-state index contributed by atoms with van der Waals surface area (Å²) in [5.74, 6) is 0.348. The van der Waals surface area contributed by atoms with E-state index >= 15 is 0 Å². The number of piperazine rings is 1. The molecule has 0 atom stereocenters. The molecule has 0 radical (unpaired) electrons. The van der Waals surface area contributed by atoms with Gasteiger partial charge in [-0.15, -0.1) is 11.3 Å². The summed E-state index contributed by atoms with van der Waals surface area (Å²) >= 11 is 1.74. The minimum absolute atomic E-state index is 0.277. The molecular formula is C25H30N4OS. The molecule has 0 bridgehead atoms. The number of aromatic nitrogens is 2. The SMILES string of the molecule is Cc1nn(-c2ccccc2)c(C)c1N1CCN(C(=O)C2(c3cccs3)CCCC2)CC1. The van der Waals surface area contributed by atoms with E-state index in [0.29, 0.717) is 5.91 Å².